The summed E-state index contributed by atoms with van der Waals surface area (Å²) in [5.74, 6) is -0.407. The van der Waals surface area contributed by atoms with E-state index in [-0.39, 0.29) is 0 Å². The number of aliphatic hydroxyl groups excluding tert-OH is 1. The van der Waals surface area contributed by atoms with Crippen molar-refractivity contribution >= 4 is 5.97 Å². The summed E-state index contributed by atoms with van der Waals surface area (Å²) in [7, 11) is 0. The Morgan fingerprint density at radius 3 is 2.00 bits per heavy atom. The summed E-state index contributed by atoms with van der Waals surface area (Å²) in [5.41, 5.74) is 1.39. The number of carboxylic acids is 1. The molecular weight excluding hydrogens is 308 g/mol. The number of rotatable bonds is 12. The summed E-state index contributed by atoms with van der Waals surface area (Å²) in [5, 5.41) is 15.0. The molecule has 1 rings (SSSR count). The summed E-state index contributed by atoms with van der Waals surface area (Å²) >= 11 is 0. The lowest BCUT2D eigenvalue weighted by Gasteiger charge is -2.05. The van der Waals surface area contributed by atoms with Gasteiger partial charge in [0.1, 0.15) is 6.61 Å². The van der Waals surface area contributed by atoms with Gasteiger partial charge in [0, 0.05) is 0 Å². The number of unbranched alkanes of at least 4 members (excludes halogenated alkanes) is 6. The summed E-state index contributed by atoms with van der Waals surface area (Å²) in [6.07, 6.45) is 10.7. The first kappa shape index (κ1) is 22.4. The Morgan fingerprint density at radius 1 is 0.958 bits per heavy atom. The quantitative estimate of drug-likeness (QED) is 0.336. The van der Waals surface area contributed by atoms with Crippen LogP contribution in [-0.2, 0) is 16.1 Å². The highest BCUT2D eigenvalue weighted by atomic mass is 17.2. The Morgan fingerprint density at radius 2 is 1.50 bits per heavy atom. The molecule has 0 heterocycles. The van der Waals surface area contributed by atoms with Crippen LogP contribution < -0.4 is 4.89 Å². The van der Waals surface area contributed by atoms with Crippen molar-refractivity contribution in [1.29, 1.82) is 0 Å². The summed E-state index contributed by atoms with van der Waals surface area (Å²) < 4.78 is 0. The molecule has 0 saturated heterocycles. The molecule has 0 radical (unpaired) electrons. The highest BCUT2D eigenvalue weighted by molar-refractivity contribution is 5.67. The van der Waals surface area contributed by atoms with E-state index in [1.807, 2.05) is 19.1 Å². The van der Waals surface area contributed by atoms with E-state index in [2.05, 4.69) is 19.1 Å². The zero-order chi connectivity index (χ0) is 18.0. The molecule has 0 fully saturated rings. The Bertz CT molecular complexity index is 403. The van der Waals surface area contributed by atoms with E-state index in [1.165, 1.54) is 56.9 Å². The van der Waals surface area contributed by atoms with Crippen LogP contribution in [0, 0.1) is 0 Å². The molecule has 138 valence electrons. The van der Waals surface area contributed by atoms with Gasteiger partial charge in [0.05, 0.1) is 6.61 Å². The van der Waals surface area contributed by atoms with Gasteiger partial charge in [-0.15, -0.1) is 0 Å². The fourth-order valence-corrected chi connectivity index (χ4v) is 2.12. The van der Waals surface area contributed by atoms with Gasteiger partial charge < -0.3 is 15.1 Å². The van der Waals surface area contributed by atoms with Gasteiger partial charge in [0.2, 0.25) is 0 Å². The summed E-state index contributed by atoms with van der Waals surface area (Å²) in [4.78, 5) is 19.1. The molecule has 0 aliphatic heterocycles. The Hall–Kier alpha value is -1.59. The predicted molar refractivity (Wildman–Crippen MR) is 95.1 cm³/mol. The molecule has 0 aromatic heterocycles. The van der Waals surface area contributed by atoms with Crippen molar-refractivity contribution in [2.24, 2.45) is 0 Å². The van der Waals surface area contributed by atoms with Crippen LogP contribution in [0.4, 0.5) is 0 Å². The average Bonchev–Trinajstić information content (AvgIpc) is 2.60. The second-order valence-corrected chi connectivity index (χ2v) is 5.56. The van der Waals surface area contributed by atoms with E-state index in [0.717, 1.165) is 5.75 Å². The van der Waals surface area contributed by atoms with Gasteiger partial charge in [-0.05, 0) is 37.5 Å². The molecule has 5 heteroatoms. The first-order chi connectivity index (χ1) is 11.6. The number of carboxylic acid groups (broad SMARTS) is 1. The van der Waals surface area contributed by atoms with Crippen molar-refractivity contribution in [3.8, 4) is 5.75 Å². The average molecular weight is 340 g/mol. The monoisotopic (exact) mass is 340 g/mol. The van der Waals surface area contributed by atoms with Crippen LogP contribution in [0.25, 0.3) is 0 Å². The van der Waals surface area contributed by atoms with Gasteiger partial charge in [0.15, 0.2) is 5.75 Å². The fourth-order valence-electron chi connectivity index (χ4n) is 2.12. The molecule has 0 saturated carbocycles. The van der Waals surface area contributed by atoms with E-state index in [1.54, 1.807) is 0 Å². The summed E-state index contributed by atoms with van der Waals surface area (Å²) in [6, 6.07) is 8.22. The van der Waals surface area contributed by atoms with E-state index < -0.39 is 12.6 Å². The molecule has 1 aromatic rings. The molecule has 24 heavy (non-hydrogen) atoms. The van der Waals surface area contributed by atoms with E-state index in [4.69, 9.17) is 24.8 Å². The smallest absolute Gasteiger partial charge is 0.329 e. The first-order valence-corrected chi connectivity index (χ1v) is 8.85. The van der Waals surface area contributed by atoms with Gasteiger partial charge in [0.25, 0.3) is 0 Å². The second kappa shape index (κ2) is 16.3. The second-order valence-electron chi connectivity index (χ2n) is 5.56. The minimum Gasteiger partial charge on any atom is -0.480 e. The van der Waals surface area contributed by atoms with Gasteiger partial charge in [-0.25, -0.2) is 4.79 Å². The van der Waals surface area contributed by atoms with Crippen molar-refractivity contribution in [1.82, 2.24) is 0 Å². The van der Waals surface area contributed by atoms with Crippen LogP contribution in [0.5, 0.6) is 5.75 Å². The number of benzene rings is 1. The standard InChI is InChI=1S/C17H28O2.C2H4O3/c1-3-5-6-7-8-9-10-11-16-12-14-17(15-13-16)19-18-4-2;3-1-2(4)5/h12-15H,3-11H2,1-2H3;3H,1H2,(H,4,5). The lowest BCUT2D eigenvalue weighted by Crippen LogP contribution is -1.98. The van der Waals surface area contributed by atoms with Crippen LogP contribution in [0.15, 0.2) is 24.3 Å². The Balaban J connectivity index is 0.000000922. The third-order valence-electron chi connectivity index (χ3n) is 3.40. The number of aliphatic carboxylic acids is 1. The lowest BCUT2D eigenvalue weighted by atomic mass is 10.0. The molecule has 0 amide bonds. The molecule has 0 aliphatic rings. The highest BCUT2D eigenvalue weighted by Gasteiger charge is 1.97. The van der Waals surface area contributed by atoms with Crippen molar-refractivity contribution in [3.05, 3.63) is 29.8 Å². The van der Waals surface area contributed by atoms with Crippen LogP contribution in [0.1, 0.15) is 64.4 Å². The van der Waals surface area contributed by atoms with E-state index in [9.17, 15) is 0 Å². The topological polar surface area (TPSA) is 76.0 Å². The SMILES string of the molecule is CCCCCCCCCc1ccc(OOCC)cc1.O=C(O)CO. The van der Waals surface area contributed by atoms with Crippen LogP contribution in [0.3, 0.4) is 0 Å². The van der Waals surface area contributed by atoms with Crippen molar-refractivity contribution < 1.29 is 24.8 Å². The van der Waals surface area contributed by atoms with Crippen LogP contribution in [0.2, 0.25) is 0 Å². The molecule has 2 N–H and O–H groups in total. The molecule has 0 aliphatic carbocycles. The zero-order valence-electron chi connectivity index (χ0n) is 15.0. The molecular formula is C19H32O5. The van der Waals surface area contributed by atoms with Gasteiger partial charge in [-0.2, -0.15) is 4.89 Å². The van der Waals surface area contributed by atoms with E-state index >= 15 is 0 Å². The molecule has 1 aromatic carbocycles. The van der Waals surface area contributed by atoms with Crippen molar-refractivity contribution in [2.45, 2.75) is 65.2 Å². The number of aryl methyl sites for hydroxylation is 1. The Labute approximate surface area is 145 Å². The van der Waals surface area contributed by atoms with E-state index in [0.29, 0.717) is 6.61 Å². The zero-order valence-corrected chi connectivity index (χ0v) is 15.0. The van der Waals surface area contributed by atoms with Crippen LogP contribution >= 0.6 is 0 Å². The largest absolute Gasteiger partial charge is 0.480 e. The lowest BCUT2D eigenvalue weighted by molar-refractivity contribution is -0.202. The molecule has 0 unspecified atom stereocenters. The van der Waals surface area contributed by atoms with Gasteiger partial charge in [-0.1, -0.05) is 57.6 Å². The maximum Gasteiger partial charge on any atom is 0.329 e. The number of hydrogen-bond acceptors (Lipinski definition) is 4. The molecule has 0 bridgehead atoms. The third kappa shape index (κ3) is 14.0. The number of carbonyl (C=O) groups is 1. The first-order valence-electron chi connectivity index (χ1n) is 8.85. The van der Waals surface area contributed by atoms with Crippen molar-refractivity contribution in [2.75, 3.05) is 13.2 Å². The fraction of sp³-hybridized carbons (Fsp3) is 0.632. The Kier molecular flexibility index (Phi) is 15.2. The number of hydrogen-bond donors (Lipinski definition) is 2. The minimum atomic E-state index is -1.19. The maximum absolute atomic E-state index is 9.12. The molecule has 0 atom stereocenters. The van der Waals surface area contributed by atoms with Crippen molar-refractivity contribution in [3.63, 3.8) is 0 Å². The third-order valence-corrected chi connectivity index (χ3v) is 3.40. The maximum atomic E-state index is 9.12. The molecule has 0 spiro atoms. The molecule has 5 nitrogen and oxygen atoms in total. The predicted octanol–water partition coefficient (Wildman–Crippen LogP) is 4.37. The highest BCUT2D eigenvalue weighted by Crippen LogP contribution is 2.15. The van der Waals surface area contributed by atoms with Gasteiger partial charge in [-0.3, -0.25) is 0 Å². The minimum absolute atomic E-state index is 0.569. The van der Waals surface area contributed by atoms with Crippen LogP contribution in [-0.4, -0.2) is 29.4 Å². The number of aliphatic hydroxyl groups is 1. The normalized spacial score (nSPS) is 9.96. The summed E-state index contributed by atoms with van der Waals surface area (Å²) in [6.45, 7) is 3.97. The van der Waals surface area contributed by atoms with Gasteiger partial charge >= 0.3 is 5.97 Å².